The fraction of sp³-hybridized carbons (Fsp3) is 1.00. The molecule has 24 heavy (non-hydrogen) atoms. The van der Waals surface area contributed by atoms with Gasteiger partial charge in [-0.25, -0.2) is 0 Å². The molecule has 5 heteroatoms. The number of piperidine rings is 2. The minimum Gasteiger partial charge on any atom is -0.349 e. The van der Waals surface area contributed by atoms with Crippen molar-refractivity contribution in [3.05, 3.63) is 0 Å². The van der Waals surface area contributed by atoms with Crippen molar-refractivity contribution in [3.8, 4) is 0 Å². The summed E-state index contributed by atoms with van der Waals surface area (Å²) in [6.45, 7) is 3.62. The molecular weight excluding hydrogens is 306 g/mol. The molecule has 9 unspecified atom stereocenters. The van der Waals surface area contributed by atoms with E-state index in [4.69, 9.17) is 18.9 Å². The molecule has 4 heterocycles. The van der Waals surface area contributed by atoms with E-state index in [0.717, 1.165) is 29.7 Å². The van der Waals surface area contributed by atoms with Crippen molar-refractivity contribution in [1.29, 1.82) is 0 Å². The maximum Gasteiger partial charge on any atom is 0.147 e. The molecule has 2 saturated carbocycles. The third-order valence-corrected chi connectivity index (χ3v) is 8.10. The monoisotopic (exact) mass is 335 g/mol. The van der Waals surface area contributed by atoms with Gasteiger partial charge in [0.2, 0.25) is 0 Å². The van der Waals surface area contributed by atoms with Crippen LogP contribution in [-0.4, -0.2) is 62.0 Å². The lowest BCUT2D eigenvalue weighted by atomic mass is 9.62. The molecule has 0 N–H and O–H groups in total. The lowest BCUT2D eigenvalue weighted by Crippen LogP contribution is -2.60. The predicted molar refractivity (Wildman–Crippen MR) is 86.2 cm³/mol. The quantitative estimate of drug-likeness (QED) is 0.677. The highest BCUT2D eigenvalue weighted by molar-refractivity contribution is 5.03. The van der Waals surface area contributed by atoms with Crippen LogP contribution in [0.1, 0.15) is 38.5 Å². The Morgan fingerprint density at radius 3 is 2.00 bits per heavy atom. The van der Waals surface area contributed by atoms with Crippen molar-refractivity contribution < 1.29 is 18.9 Å². The molecule has 4 aliphatic heterocycles. The Hall–Kier alpha value is -0.200. The second kappa shape index (κ2) is 5.65. The number of ether oxygens (including phenoxy) is 4. The largest absolute Gasteiger partial charge is 0.349 e. The summed E-state index contributed by atoms with van der Waals surface area (Å²) in [6.07, 6.45) is 9.12. The summed E-state index contributed by atoms with van der Waals surface area (Å²) in [5.41, 5.74) is 0. The van der Waals surface area contributed by atoms with Gasteiger partial charge >= 0.3 is 0 Å². The van der Waals surface area contributed by atoms with Gasteiger partial charge in [-0.15, -0.1) is 0 Å². The van der Waals surface area contributed by atoms with E-state index >= 15 is 0 Å². The smallest absolute Gasteiger partial charge is 0.147 e. The summed E-state index contributed by atoms with van der Waals surface area (Å²) in [6, 6.07) is 0.772. The fourth-order valence-electron chi connectivity index (χ4n) is 6.90. The van der Waals surface area contributed by atoms with Crippen LogP contribution in [0, 0.1) is 23.7 Å². The van der Waals surface area contributed by atoms with Crippen molar-refractivity contribution in [3.63, 3.8) is 0 Å². The highest BCUT2D eigenvalue weighted by Gasteiger charge is 2.52. The Kier molecular flexibility index (Phi) is 3.51. The first-order chi connectivity index (χ1) is 11.8. The summed E-state index contributed by atoms with van der Waals surface area (Å²) < 4.78 is 23.3. The van der Waals surface area contributed by atoms with Crippen LogP contribution in [0.25, 0.3) is 0 Å². The van der Waals surface area contributed by atoms with E-state index in [1.807, 2.05) is 0 Å². The van der Waals surface area contributed by atoms with Crippen LogP contribution in [0.4, 0.5) is 0 Å². The van der Waals surface area contributed by atoms with Crippen molar-refractivity contribution in [2.45, 2.75) is 69.0 Å². The summed E-state index contributed by atoms with van der Waals surface area (Å²) in [5.74, 6) is 3.34. The maximum absolute atomic E-state index is 5.87. The lowest BCUT2D eigenvalue weighted by molar-refractivity contribution is -0.0901. The molecular formula is C19H29NO4. The first-order valence-corrected chi connectivity index (χ1v) is 10.1. The SMILES string of the molecule is C1OC2CC3CC4C5CC6OCOC6CC5CCN4CC3CC2O1. The molecule has 0 aromatic carbocycles. The zero-order valence-corrected chi connectivity index (χ0v) is 14.3. The summed E-state index contributed by atoms with van der Waals surface area (Å²) >= 11 is 0. The van der Waals surface area contributed by atoms with Crippen molar-refractivity contribution >= 4 is 0 Å². The van der Waals surface area contributed by atoms with Crippen LogP contribution in [0.3, 0.4) is 0 Å². The zero-order valence-electron chi connectivity index (χ0n) is 14.3. The molecule has 2 aliphatic carbocycles. The van der Waals surface area contributed by atoms with E-state index in [0.29, 0.717) is 38.0 Å². The number of rotatable bonds is 0. The average Bonchev–Trinajstić information content (AvgIpc) is 3.24. The van der Waals surface area contributed by atoms with Crippen LogP contribution in [0.2, 0.25) is 0 Å². The van der Waals surface area contributed by atoms with Gasteiger partial charge in [0.1, 0.15) is 13.6 Å². The van der Waals surface area contributed by atoms with Gasteiger partial charge in [0.25, 0.3) is 0 Å². The standard InChI is InChI=1S/C19H29NO4/c1-2-20-8-13-6-18-17(22-9-23-18)5-12(13)3-15(20)14-7-19-16(4-11(1)14)21-10-24-19/h11-19H,1-10H2. The van der Waals surface area contributed by atoms with Gasteiger partial charge in [-0.1, -0.05) is 0 Å². The Morgan fingerprint density at radius 2 is 1.25 bits per heavy atom. The van der Waals surface area contributed by atoms with Crippen LogP contribution < -0.4 is 0 Å². The van der Waals surface area contributed by atoms with Gasteiger partial charge in [0.15, 0.2) is 0 Å². The number of hydrogen-bond acceptors (Lipinski definition) is 5. The van der Waals surface area contributed by atoms with E-state index in [1.54, 1.807) is 0 Å². The van der Waals surface area contributed by atoms with Crippen molar-refractivity contribution in [2.24, 2.45) is 23.7 Å². The minimum absolute atomic E-state index is 0.367. The van der Waals surface area contributed by atoms with Gasteiger partial charge in [0.05, 0.1) is 24.4 Å². The third-order valence-electron chi connectivity index (χ3n) is 8.10. The van der Waals surface area contributed by atoms with E-state index in [2.05, 4.69) is 4.90 Å². The van der Waals surface area contributed by atoms with Gasteiger partial charge < -0.3 is 18.9 Å². The molecule has 0 aromatic heterocycles. The van der Waals surface area contributed by atoms with Crippen LogP contribution in [-0.2, 0) is 18.9 Å². The van der Waals surface area contributed by atoms with E-state index in [1.165, 1.54) is 51.6 Å². The normalized spacial score (nSPS) is 56.8. The average molecular weight is 335 g/mol. The molecule has 4 saturated heterocycles. The number of fused-ring (bicyclic) bond motifs is 6. The highest BCUT2D eigenvalue weighted by Crippen LogP contribution is 2.50. The molecule has 0 bridgehead atoms. The number of nitrogens with zero attached hydrogens (tertiary/aromatic N) is 1. The van der Waals surface area contributed by atoms with E-state index in [9.17, 15) is 0 Å². The molecule has 9 atom stereocenters. The highest BCUT2D eigenvalue weighted by atomic mass is 16.7. The van der Waals surface area contributed by atoms with Crippen LogP contribution in [0.5, 0.6) is 0 Å². The Labute approximate surface area is 143 Å². The zero-order chi connectivity index (χ0) is 15.7. The molecule has 0 radical (unpaired) electrons. The second-order valence-corrected chi connectivity index (χ2v) is 9.03. The molecule has 0 spiro atoms. The van der Waals surface area contributed by atoms with Gasteiger partial charge in [-0.3, -0.25) is 4.90 Å². The predicted octanol–water partition coefficient (Wildman–Crippen LogP) is 2.00. The van der Waals surface area contributed by atoms with Gasteiger partial charge in [-0.2, -0.15) is 0 Å². The van der Waals surface area contributed by atoms with Crippen LogP contribution >= 0.6 is 0 Å². The fourth-order valence-corrected chi connectivity index (χ4v) is 6.90. The van der Waals surface area contributed by atoms with E-state index in [-0.39, 0.29) is 0 Å². The summed E-state index contributed by atoms with van der Waals surface area (Å²) in [4.78, 5) is 2.83. The second-order valence-electron chi connectivity index (χ2n) is 9.03. The first kappa shape index (κ1) is 14.9. The minimum atomic E-state index is 0.367. The van der Waals surface area contributed by atoms with Crippen LogP contribution in [0.15, 0.2) is 0 Å². The Bertz CT molecular complexity index is 498. The molecule has 6 rings (SSSR count). The van der Waals surface area contributed by atoms with Crippen molar-refractivity contribution in [1.82, 2.24) is 4.90 Å². The molecule has 6 aliphatic rings. The Morgan fingerprint density at radius 1 is 0.625 bits per heavy atom. The first-order valence-electron chi connectivity index (χ1n) is 10.1. The molecule has 6 fully saturated rings. The topological polar surface area (TPSA) is 40.2 Å². The maximum atomic E-state index is 5.87. The Balaban J connectivity index is 1.21. The van der Waals surface area contributed by atoms with Crippen molar-refractivity contribution in [2.75, 3.05) is 26.7 Å². The molecule has 5 nitrogen and oxygen atoms in total. The molecule has 0 amide bonds. The van der Waals surface area contributed by atoms with E-state index < -0.39 is 0 Å². The van der Waals surface area contributed by atoms with Gasteiger partial charge in [-0.05, 0) is 68.7 Å². The summed E-state index contributed by atoms with van der Waals surface area (Å²) in [5, 5.41) is 0. The third kappa shape index (κ3) is 2.25. The molecule has 134 valence electrons. The molecule has 0 aromatic rings. The lowest BCUT2D eigenvalue weighted by Gasteiger charge is -2.56. The number of hydrogen-bond donors (Lipinski definition) is 0. The summed E-state index contributed by atoms with van der Waals surface area (Å²) in [7, 11) is 0. The van der Waals surface area contributed by atoms with Gasteiger partial charge in [0, 0.05) is 12.6 Å².